The smallest absolute Gasteiger partial charge is 0.257 e. The molecule has 1 aromatic heterocycles. The van der Waals surface area contributed by atoms with Gasteiger partial charge in [-0.3, -0.25) is 4.79 Å². The van der Waals surface area contributed by atoms with E-state index in [4.69, 9.17) is 9.15 Å². The zero-order valence-electron chi connectivity index (χ0n) is 9.52. The molecule has 0 aliphatic carbocycles. The second-order valence-electron chi connectivity index (χ2n) is 4.09. The van der Waals surface area contributed by atoms with Gasteiger partial charge in [-0.2, -0.15) is 0 Å². The lowest BCUT2D eigenvalue weighted by atomic mass is 10.1. The van der Waals surface area contributed by atoms with Gasteiger partial charge >= 0.3 is 0 Å². The summed E-state index contributed by atoms with van der Waals surface area (Å²) in [6, 6.07) is 1.70. The zero-order valence-corrected chi connectivity index (χ0v) is 9.52. The van der Waals surface area contributed by atoms with Crippen molar-refractivity contribution in [3.05, 3.63) is 24.2 Å². The first kappa shape index (κ1) is 11.2. The van der Waals surface area contributed by atoms with Crippen LogP contribution in [0.15, 0.2) is 23.0 Å². The van der Waals surface area contributed by atoms with Crippen molar-refractivity contribution in [3.8, 4) is 0 Å². The Balaban J connectivity index is 1.96. The van der Waals surface area contributed by atoms with Crippen LogP contribution in [0.3, 0.4) is 0 Å². The van der Waals surface area contributed by atoms with Crippen LogP contribution in [0, 0.1) is 5.92 Å². The molecule has 1 aliphatic rings. The van der Waals surface area contributed by atoms with Crippen LogP contribution in [-0.2, 0) is 4.74 Å². The van der Waals surface area contributed by atoms with E-state index in [2.05, 4.69) is 0 Å². The maximum atomic E-state index is 12.0. The number of furan rings is 1. The minimum Gasteiger partial charge on any atom is -0.472 e. The Labute approximate surface area is 95.2 Å². The molecule has 4 nitrogen and oxygen atoms in total. The molecule has 1 amide bonds. The lowest BCUT2D eigenvalue weighted by Gasteiger charge is -2.23. The third-order valence-corrected chi connectivity index (χ3v) is 2.94. The van der Waals surface area contributed by atoms with Gasteiger partial charge in [-0.25, -0.2) is 0 Å². The molecule has 0 unspecified atom stereocenters. The van der Waals surface area contributed by atoms with E-state index in [0.717, 1.165) is 32.7 Å². The molecule has 0 radical (unpaired) electrons. The minimum atomic E-state index is 0.0446. The van der Waals surface area contributed by atoms with Crippen molar-refractivity contribution in [3.63, 3.8) is 0 Å². The van der Waals surface area contributed by atoms with Gasteiger partial charge in [0, 0.05) is 25.6 Å². The Hall–Kier alpha value is -1.29. The molecule has 1 fully saturated rings. The highest BCUT2D eigenvalue weighted by atomic mass is 16.5. The van der Waals surface area contributed by atoms with Gasteiger partial charge in [0.15, 0.2) is 0 Å². The fraction of sp³-hybridized carbons (Fsp3) is 0.583. The molecule has 16 heavy (non-hydrogen) atoms. The third kappa shape index (κ3) is 2.44. The number of rotatable bonds is 4. The van der Waals surface area contributed by atoms with E-state index >= 15 is 0 Å². The van der Waals surface area contributed by atoms with E-state index in [1.807, 2.05) is 11.8 Å². The molecule has 88 valence electrons. The van der Waals surface area contributed by atoms with Crippen LogP contribution in [0.25, 0.3) is 0 Å². The standard InChI is InChI=1S/C12H17NO3/c1-2-13(7-10-3-5-15-8-10)12(14)11-4-6-16-9-11/h4,6,9-10H,2-3,5,7-8H2,1H3/t10-/m1/s1. The van der Waals surface area contributed by atoms with Crippen molar-refractivity contribution >= 4 is 5.91 Å². The molecule has 0 saturated carbocycles. The molecular formula is C12H17NO3. The molecule has 2 rings (SSSR count). The SMILES string of the molecule is CCN(C[C@H]1CCOC1)C(=O)c1ccoc1. The second-order valence-corrected chi connectivity index (χ2v) is 4.09. The number of hydrogen-bond acceptors (Lipinski definition) is 3. The molecule has 0 aromatic carbocycles. The Morgan fingerprint density at radius 1 is 1.62 bits per heavy atom. The van der Waals surface area contributed by atoms with E-state index in [0.29, 0.717) is 11.5 Å². The first-order chi connectivity index (χ1) is 7.81. The molecule has 1 atom stereocenters. The Morgan fingerprint density at radius 2 is 2.50 bits per heavy atom. The summed E-state index contributed by atoms with van der Waals surface area (Å²) in [6.45, 7) is 5.09. The van der Waals surface area contributed by atoms with Crippen LogP contribution in [0.5, 0.6) is 0 Å². The average Bonchev–Trinajstić information content (AvgIpc) is 2.97. The molecule has 1 aromatic rings. The van der Waals surface area contributed by atoms with E-state index in [1.165, 1.54) is 12.5 Å². The summed E-state index contributed by atoms with van der Waals surface area (Å²) in [4.78, 5) is 13.9. The van der Waals surface area contributed by atoms with Gasteiger partial charge in [-0.1, -0.05) is 0 Å². The molecule has 0 spiro atoms. The number of carbonyl (C=O) groups is 1. The summed E-state index contributed by atoms with van der Waals surface area (Å²) < 4.78 is 10.2. The molecular weight excluding hydrogens is 206 g/mol. The van der Waals surface area contributed by atoms with Gasteiger partial charge in [0.05, 0.1) is 18.4 Å². The molecule has 1 saturated heterocycles. The summed E-state index contributed by atoms with van der Waals surface area (Å²) in [7, 11) is 0. The van der Waals surface area contributed by atoms with Crippen LogP contribution in [0.4, 0.5) is 0 Å². The molecule has 0 N–H and O–H groups in total. The quantitative estimate of drug-likeness (QED) is 0.781. The number of carbonyl (C=O) groups excluding carboxylic acids is 1. The fourth-order valence-electron chi connectivity index (χ4n) is 1.96. The van der Waals surface area contributed by atoms with Crippen molar-refractivity contribution in [2.45, 2.75) is 13.3 Å². The van der Waals surface area contributed by atoms with Gasteiger partial charge in [-0.15, -0.1) is 0 Å². The fourth-order valence-corrected chi connectivity index (χ4v) is 1.96. The Kier molecular flexibility index (Phi) is 3.62. The van der Waals surface area contributed by atoms with Crippen molar-refractivity contribution < 1.29 is 13.9 Å². The van der Waals surface area contributed by atoms with Gasteiger partial charge in [0.2, 0.25) is 0 Å². The number of ether oxygens (including phenoxy) is 1. The Morgan fingerprint density at radius 3 is 3.06 bits per heavy atom. The van der Waals surface area contributed by atoms with E-state index in [-0.39, 0.29) is 5.91 Å². The zero-order chi connectivity index (χ0) is 11.4. The van der Waals surface area contributed by atoms with Crippen LogP contribution in [-0.4, -0.2) is 37.1 Å². The molecule has 1 aliphatic heterocycles. The summed E-state index contributed by atoms with van der Waals surface area (Å²) >= 11 is 0. The minimum absolute atomic E-state index is 0.0446. The predicted molar refractivity (Wildman–Crippen MR) is 59.2 cm³/mol. The summed E-state index contributed by atoms with van der Waals surface area (Å²) in [6.07, 6.45) is 4.07. The third-order valence-electron chi connectivity index (χ3n) is 2.94. The van der Waals surface area contributed by atoms with Crippen molar-refractivity contribution in [2.24, 2.45) is 5.92 Å². The first-order valence-electron chi connectivity index (χ1n) is 5.70. The maximum Gasteiger partial charge on any atom is 0.257 e. The molecule has 2 heterocycles. The van der Waals surface area contributed by atoms with Crippen LogP contribution >= 0.6 is 0 Å². The highest BCUT2D eigenvalue weighted by Gasteiger charge is 2.22. The summed E-state index contributed by atoms with van der Waals surface area (Å²) in [5.41, 5.74) is 0.626. The van der Waals surface area contributed by atoms with Gasteiger partial charge in [-0.05, 0) is 19.4 Å². The molecule has 4 heteroatoms. The van der Waals surface area contributed by atoms with Crippen LogP contribution in [0.1, 0.15) is 23.7 Å². The average molecular weight is 223 g/mol. The summed E-state index contributed by atoms with van der Waals surface area (Å²) in [5.74, 6) is 0.527. The van der Waals surface area contributed by atoms with Crippen molar-refractivity contribution in [1.29, 1.82) is 0 Å². The topological polar surface area (TPSA) is 42.7 Å². The Bertz CT molecular complexity index is 328. The van der Waals surface area contributed by atoms with Gasteiger partial charge in [0.1, 0.15) is 6.26 Å². The van der Waals surface area contributed by atoms with Crippen molar-refractivity contribution in [2.75, 3.05) is 26.3 Å². The number of hydrogen-bond donors (Lipinski definition) is 0. The predicted octanol–water partition coefficient (Wildman–Crippen LogP) is 1.78. The van der Waals surface area contributed by atoms with Gasteiger partial charge < -0.3 is 14.1 Å². The van der Waals surface area contributed by atoms with Crippen molar-refractivity contribution in [1.82, 2.24) is 4.90 Å². The largest absolute Gasteiger partial charge is 0.472 e. The van der Waals surface area contributed by atoms with E-state index in [1.54, 1.807) is 6.07 Å². The lowest BCUT2D eigenvalue weighted by molar-refractivity contribution is 0.0730. The summed E-state index contributed by atoms with van der Waals surface area (Å²) in [5, 5.41) is 0. The monoisotopic (exact) mass is 223 g/mol. The van der Waals surface area contributed by atoms with Crippen LogP contribution < -0.4 is 0 Å². The molecule has 0 bridgehead atoms. The van der Waals surface area contributed by atoms with E-state index in [9.17, 15) is 4.79 Å². The number of amides is 1. The van der Waals surface area contributed by atoms with Gasteiger partial charge in [0.25, 0.3) is 5.91 Å². The number of nitrogens with zero attached hydrogens (tertiary/aromatic N) is 1. The normalized spacial score (nSPS) is 19.9. The van der Waals surface area contributed by atoms with Crippen LogP contribution in [0.2, 0.25) is 0 Å². The maximum absolute atomic E-state index is 12.0. The lowest BCUT2D eigenvalue weighted by Crippen LogP contribution is -2.35. The van der Waals surface area contributed by atoms with E-state index < -0.39 is 0 Å². The second kappa shape index (κ2) is 5.16. The highest BCUT2D eigenvalue weighted by Crippen LogP contribution is 2.15. The highest BCUT2D eigenvalue weighted by molar-refractivity contribution is 5.93. The first-order valence-corrected chi connectivity index (χ1v) is 5.70.